The number of nitrogens with zero attached hydrogens (tertiary/aromatic N) is 2. The van der Waals surface area contributed by atoms with Crippen molar-refractivity contribution < 1.29 is 9.47 Å². The highest BCUT2D eigenvalue weighted by atomic mass is 16.5. The number of unbranched alkanes of at least 4 members (excludes halogenated alkanes) is 10. The van der Waals surface area contributed by atoms with Crippen LogP contribution in [-0.4, -0.2) is 18.2 Å². The fourth-order valence-electron chi connectivity index (χ4n) is 4.16. The summed E-state index contributed by atoms with van der Waals surface area (Å²) in [7, 11) is 0. The van der Waals surface area contributed by atoms with Crippen LogP contribution in [0.4, 0.5) is 5.82 Å². The first kappa shape index (κ1) is 28.8. The number of H-pyrrole nitrogens is 1. The zero-order valence-electron chi connectivity index (χ0n) is 21.8. The topological polar surface area (TPSA) is 125 Å². The van der Waals surface area contributed by atoms with Crippen molar-refractivity contribution in [3.63, 3.8) is 0 Å². The van der Waals surface area contributed by atoms with Crippen LogP contribution in [0.5, 0.6) is 11.5 Å². The molecule has 194 valence electrons. The first-order chi connectivity index (χ1) is 17.6. The molecule has 2 aromatic rings. The number of nitriles is 2. The molecule has 0 aliphatic rings. The Hall–Kier alpha value is -3.45. The lowest BCUT2D eigenvalue weighted by Crippen LogP contribution is -2.16. The second-order valence-electron chi connectivity index (χ2n) is 9.11. The normalized spacial score (nSPS) is 10.6. The molecule has 0 atom stereocenters. The molecule has 36 heavy (non-hydrogen) atoms. The number of anilines is 1. The van der Waals surface area contributed by atoms with Crippen LogP contribution in [0, 0.1) is 22.7 Å². The molecule has 0 radical (unpaired) electrons. The number of aromatic amines is 1. The molecule has 0 aliphatic carbocycles. The maximum Gasteiger partial charge on any atom is 0.268 e. The highest BCUT2D eigenvalue weighted by molar-refractivity contribution is 5.81. The van der Waals surface area contributed by atoms with E-state index in [0.29, 0.717) is 30.3 Å². The molecular weight excluding hydrogens is 452 g/mol. The lowest BCUT2D eigenvalue weighted by atomic mass is 9.96. The molecule has 1 aromatic heterocycles. The highest BCUT2D eigenvalue weighted by Gasteiger charge is 2.20. The summed E-state index contributed by atoms with van der Waals surface area (Å²) in [5.74, 6) is 1.10. The molecule has 2 rings (SSSR count). The number of ether oxygens (including phenoxy) is 2. The number of benzene rings is 1. The van der Waals surface area contributed by atoms with Crippen molar-refractivity contribution >= 4 is 5.82 Å². The van der Waals surface area contributed by atoms with Gasteiger partial charge in [0.1, 0.15) is 29.1 Å². The van der Waals surface area contributed by atoms with Crippen LogP contribution in [-0.2, 0) is 0 Å². The number of pyridine rings is 1. The number of nitrogens with one attached hydrogen (secondary N) is 1. The van der Waals surface area contributed by atoms with E-state index in [1.807, 2.05) is 12.1 Å². The SMILES string of the molecule is CCCCCCCCOc1ccc(-c2c(C#N)c(N)[nH]c(=O)c2C#N)cc1OCCCCCCCC. The summed E-state index contributed by atoms with van der Waals surface area (Å²) in [6, 6.07) is 9.19. The maximum absolute atomic E-state index is 12.3. The van der Waals surface area contributed by atoms with Gasteiger partial charge in [0.15, 0.2) is 11.5 Å². The molecule has 0 unspecified atom stereocenters. The predicted octanol–water partition coefficient (Wildman–Crippen LogP) is 6.85. The van der Waals surface area contributed by atoms with Crippen molar-refractivity contribution in [2.75, 3.05) is 18.9 Å². The second-order valence-corrected chi connectivity index (χ2v) is 9.11. The van der Waals surface area contributed by atoms with Crippen LogP contribution in [0.25, 0.3) is 11.1 Å². The van der Waals surface area contributed by atoms with Gasteiger partial charge < -0.3 is 20.2 Å². The maximum atomic E-state index is 12.3. The molecule has 0 aliphatic heterocycles. The van der Waals surface area contributed by atoms with E-state index in [0.717, 1.165) is 25.7 Å². The van der Waals surface area contributed by atoms with E-state index in [2.05, 4.69) is 18.8 Å². The minimum atomic E-state index is -0.623. The van der Waals surface area contributed by atoms with Gasteiger partial charge in [-0.15, -0.1) is 0 Å². The molecule has 0 fully saturated rings. The Kier molecular flexibility index (Phi) is 13.0. The second kappa shape index (κ2) is 16.3. The summed E-state index contributed by atoms with van der Waals surface area (Å²) in [4.78, 5) is 14.7. The fourth-order valence-corrected chi connectivity index (χ4v) is 4.16. The predicted molar refractivity (Wildman–Crippen MR) is 144 cm³/mol. The molecule has 1 heterocycles. The Bertz CT molecular complexity index is 1100. The van der Waals surface area contributed by atoms with Gasteiger partial charge in [0, 0.05) is 5.56 Å². The summed E-state index contributed by atoms with van der Waals surface area (Å²) in [5.41, 5.74) is 5.92. The number of rotatable bonds is 17. The van der Waals surface area contributed by atoms with Crippen LogP contribution < -0.4 is 20.8 Å². The third-order valence-electron chi connectivity index (χ3n) is 6.21. The largest absolute Gasteiger partial charge is 0.490 e. The number of hydrogen-bond acceptors (Lipinski definition) is 6. The van der Waals surface area contributed by atoms with Crippen LogP contribution in [0.3, 0.4) is 0 Å². The average Bonchev–Trinajstić information content (AvgIpc) is 2.87. The van der Waals surface area contributed by atoms with Crippen LogP contribution in [0.15, 0.2) is 23.0 Å². The first-order valence-corrected chi connectivity index (χ1v) is 13.3. The van der Waals surface area contributed by atoms with E-state index in [4.69, 9.17) is 15.2 Å². The quantitative estimate of drug-likeness (QED) is 0.233. The minimum absolute atomic E-state index is 0.0607. The fraction of sp³-hybridized carbons (Fsp3) is 0.552. The summed E-state index contributed by atoms with van der Waals surface area (Å²) in [5, 5.41) is 19.3. The summed E-state index contributed by atoms with van der Waals surface area (Å²) in [6.45, 7) is 5.53. The molecule has 0 bridgehead atoms. The average molecular weight is 493 g/mol. The van der Waals surface area contributed by atoms with E-state index in [1.165, 1.54) is 51.4 Å². The van der Waals surface area contributed by atoms with Gasteiger partial charge in [-0.2, -0.15) is 10.5 Å². The third kappa shape index (κ3) is 8.64. The molecule has 0 saturated carbocycles. The smallest absolute Gasteiger partial charge is 0.268 e. The molecule has 7 heteroatoms. The molecule has 1 aromatic carbocycles. The lowest BCUT2D eigenvalue weighted by molar-refractivity contribution is 0.258. The number of hydrogen-bond donors (Lipinski definition) is 2. The summed E-state index contributed by atoms with van der Waals surface area (Å²) < 4.78 is 12.2. The summed E-state index contributed by atoms with van der Waals surface area (Å²) in [6.07, 6.45) is 13.9. The van der Waals surface area contributed by atoms with Crippen molar-refractivity contribution in [3.8, 4) is 34.8 Å². The Morgan fingerprint density at radius 3 is 1.86 bits per heavy atom. The summed E-state index contributed by atoms with van der Waals surface area (Å²) >= 11 is 0. The van der Waals surface area contributed by atoms with Crippen LogP contribution >= 0.6 is 0 Å². The van der Waals surface area contributed by atoms with E-state index in [-0.39, 0.29) is 22.5 Å². The van der Waals surface area contributed by atoms with E-state index in [1.54, 1.807) is 18.2 Å². The van der Waals surface area contributed by atoms with Gasteiger partial charge in [-0.25, -0.2) is 0 Å². The van der Waals surface area contributed by atoms with Gasteiger partial charge in [-0.1, -0.05) is 84.1 Å². The minimum Gasteiger partial charge on any atom is -0.490 e. The van der Waals surface area contributed by atoms with Crippen molar-refractivity contribution in [3.05, 3.63) is 39.7 Å². The molecule has 0 saturated heterocycles. The lowest BCUT2D eigenvalue weighted by Gasteiger charge is -2.16. The van der Waals surface area contributed by atoms with E-state index < -0.39 is 5.56 Å². The van der Waals surface area contributed by atoms with Crippen molar-refractivity contribution in [2.45, 2.75) is 90.9 Å². The number of nitrogen functional groups attached to an aromatic ring is 1. The Balaban J connectivity index is 2.23. The van der Waals surface area contributed by atoms with E-state index >= 15 is 0 Å². The molecule has 3 N–H and O–H groups in total. The Labute approximate surface area is 215 Å². The Morgan fingerprint density at radius 1 is 0.778 bits per heavy atom. The zero-order chi connectivity index (χ0) is 26.2. The Morgan fingerprint density at radius 2 is 1.31 bits per heavy atom. The van der Waals surface area contributed by atoms with Crippen LogP contribution in [0.2, 0.25) is 0 Å². The molecule has 0 amide bonds. The van der Waals surface area contributed by atoms with Crippen LogP contribution in [0.1, 0.15) is 102 Å². The van der Waals surface area contributed by atoms with Crippen molar-refractivity contribution in [2.24, 2.45) is 0 Å². The van der Waals surface area contributed by atoms with Gasteiger partial charge in [0.25, 0.3) is 5.56 Å². The van der Waals surface area contributed by atoms with Gasteiger partial charge in [0.05, 0.1) is 13.2 Å². The van der Waals surface area contributed by atoms with Gasteiger partial charge >= 0.3 is 0 Å². The standard InChI is InChI=1S/C29H40N4O3/c1-3-5-7-9-11-13-17-35-25-16-15-22(19-26(25)36-18-14-12-10-8-6-4-2)27-23(20-30)28(32)33-29(34)24(27)21-31/h15-16,19H,3-14,17-18H2,1-2H3,(H3,32,33,34). The highest BCUT2D eigenvalue weighted by Crippen LogP contribution is 2.36. The van der Waals surface area contributed by atoms with Gasteiger partial charge in [-0.05, 0) is 30.5 Å². The van der Waals surface area contributed by atoms with Crippen molar-refractivity contribution in [1.82, 2.24) is 4.98 Å². The first-order valence-electron chi connectivity index (χ1n) is 13.3. The monoisotopic (exact) mass is 492 g/mol. The van der Waals surface area contributed by atoms with E-state index in [9.17, 15) is 15.3 Å². The zero-order valence-corrected chi connectivity index (χ0v) is 21.8. The molecule has 7 nitrogen and oxygen atoms in total. The number of nitrogens with two attached hydrogens (primary N) is 1. The number of aromatic nitrogens is 1. The van der Waals surface area contributed by atoms with Gasteiger partial charge in [0.2, 0.25) is 0 Å². The van der Waals surface area contributed by atoms with Gasteiger partial charge in [-0.3, -0.25) is 4.79 Å². The molecule has 0 spiro atoms. The van der Waals surface area contributed by atoms with Crippen molar-refractivity contribution in [1.29, 1.82) is 10.5 Å². The third-order valence-corrected chi connectivity index (χ3v) is 6.21. The molecular formula is C29H40N4O3.